The summed E-state index contributed by atoms with van der Waals surface area (Å²) < 4.78 is 5.05. The Labute approximate surface area is 112 Å². The van der Waals surface area contributed by atoms with Crippen molar-refractivity contribution in [2.24, 2.45) is 11.8 Å². The van der Waals surface area contributed by atoms with Crippen LogP contribution in [0.15, 0.2) is 24.3 Å². The lowest BCUT2D eigenvalue weighted by Gasteiger charge is -2.19. The van der Waals surface area contributed by atoms with E-state index >= 15 is 0 Å². The van der Waals surface area contributed by atoms with Gasteiger partial charge in [0.15, 0.2) is 0 Å². The fourth-order valence-electron chi connectivity index (χ4n) is 1.85. The van der Waals surface area contributed by atoms with Gasteiger partial charge in [-0.25, -0.2) is 0 Å². The van der Waals surface area contributed by atoms with E-state index in [1.807, 2.05) is 13.8 Å². The molecule has 0 aliphatic rings. The second-order valence-electron chi connectivity index (χ2n) is 4.73. The van der Waals surface area contributed by atoms with Crippen LogP contribution in [0.3, 0.4) is 0 Å². The molecule has 0 aromatic heterocycles. The summed E-state index contributed by atoms with van der Waals surface area (Å²) in [6.07, 6.45) is 0.536. The molecule has 1 atom stereocenters. The molecule has 1 aromatic carbocycles. The number of rotatable bonds is 6. The number of nitrogens with zero attached hydrogens (tertiary/aromatic N) is 1. The third kappa shape index (κ3) is 4.35. The van der Waals surface area contributed by atoms with Gasteiger partial charge in [0.1, 0.15) is 0 Å². The van der Waals surface area contributed by atoms with Crippen LogP contribution >= 0.6 is 0 Å². The van der Waals surface area contributed by atoms with Gasteiger partial charge in [-0.2, -0.15) is 0 Å². The summed E-state index contributed by atoms with van der Waals surface area (Å²) in [5.41, 5.74) is 0.957. The summed E-state index contributed by atoms with van der Waals surface area (Å²) in [5.74, 6) is -0.272. The van der Waals surface area contributed by atoms with E-state index in [0.717, 1.165) is 5.56 Å². The smallest absolute Gasteiger partial charge is 0.309 e. The first-order chi connectivity index (χ1) is 8.95. The number of carbonyl (C=O) groups is 1. The third-order valence-corrected chi connectivity index (χ3v) is 3.00. The van der Waals surface area contributed by atoms with Crippen molar-refractivity contribution in [2.75, 3.05) is 6.61 Å². The zero-order chi connectivity index (χ0) is 14.4. The summed E-state index contributed by atoms with van der Waals surface area (Å²) in [6.45, 7) is 6.07. The molecule has 0 heterocycles. The summed E-state index contributed by atoms with van der Waals surface area (Å²) in [5, 5.41) is 10.6. The molecule has 19 heavy (non-hydrogen) atoms. The van der Waals surface area contributed by atoms with Crippen molar-refractivity contribution in [1.29, 1.82) is 0 Å². The number of hydrogen-bond acceptors (Lipinski definition) is 4. The molecular weight excluding hydrogens is 246 g/mol. The van der Waals surface area contributed by atoms with Crippen molar-refractivity contribution >= 4 is 11.7 Å². The first-order valence-corrected chi connectivity index (χ1v) is 6.35. The first-order valence-electron chi connectivity index (χ1n) is 6.35. The van der Waals surface area contributed by atoms with E-state index in [-0.39, 0.29) is 23.5 Å². The Balaban J connectivity index is 2.79. The average molecular weight is 265 g/mol. The number of nitro benzene ring substituents is 1. The first kappa shape index (κ1) is 15.1. The van der Waals surface area contributed by atoms with Crippen molar-refractivity contribution in [1.82, 2.24) is 0 Å². The highest BCUT2D eigenvalue weighted by Gasteiger charge is 2.23. The zero-order valence-electron chi connectivity index (χ0n) is 11.5. The van der Waals surface area contributed by atoms with Crippen LogP contribution in [-0.4, -0.2) is 17.5 Å². The fourth-order valence-corrected chi connectivity index (χ4v) is 1.85. The molecule has 0 N–H and O–H groups in total. The quantitative estimate of drug-likeness (QED) is 0.450. The van der Waals surface area contributed by atoms with Gasteiger partial charge in [-0.15, -0.1) is 0 Å². The van der Waals surface area contributed by atoms with Gasteiger partial charge in [0.05, 0.1) is 17.4 Å². The van der Waals surface area contributed by atoms with E-state index in [9.17, 15) is 14.9 Å². The Hall–Kier alpha value is -1.91. The summed E-state index contributed by atoms with van der Waals surface area (Å²) in [4.78, 5) is 22.0. The summed E-state index contributed by atoms with van der Waals surface area (Å²) in [6, 6.07) is 6.29. The highest BCUT2D eigenvalue weighted by atomic mass is 16.6. The Morgan fingerprint density at radius 1 is 1.32 bits per heavy atom. The molecule has 0 bridgehead atoms. The van der Waals surface area contributed by atoms with Gasteiger partial charge >= 0.3 is 5.97 Å². The van der Waals surface area contributed by atoms with Gasteiger partial charge in [0.25, 0.3) is 5.69 Å². The molecule has 0 radical (unpaired) electrons. The lowest BCUT2D eigenvalue weighted by atomic mass is 9.89. The average Bonchev–Trinajstić information content (AvgIpc) is 2.36. The van der Waals surface area contributed by atoms with Crippen LogP contribution in [0.5, 0.6) is 0 Å². The highest BCUT2D eigenvalue weighted by Crippen LogP contribution is 2.21. The van der Waals surface area contributed by atoms with E-state index in [1.165, 1.54) is 12.1 Å². The van der Waals surface area contributed by atoms with Crippen molar-refractivity contribution in [3.63, 3.8) is 0 Å². The zero-order valence-corrected chi connectivity index (χ0v) is 11.5. The normalized spacial score (nSPS) is 12.2. The lowest BCUT2D eigenvalue weighted by molar-refractivity contribution is -0.384. The molecule has 1 aromatic rings. The number of carbonyl (C=O) groups excluding carboxylic acids is 1. The minimum atomic E-state index is -0.435. The summed E-state index contributed by atoms with van der Waals surface area (Å²) >= 11 is 0. The van der Waals surface area contributed by atoms with Crippen molar-refractivity contribution in [3.05, 3.63) is 39.9 Å². The fraction of sp³-hybridized carbons (Fsp3) is 0.500. The van der Waals surface area contributed by atoms with E-state index in [1.54, 1.807) is 19.1 Å². The maximum Gasteiger partial charge on any atom is 0.309 e. The monoisotopic (exact) mass is 265 g/mol. The molecule has 1 unspecified atom stereocenters. The van der Waals surface area contributed by atoms with Crippen molar-refractivity contribution in [3.8, 4) is 0 Å². The lowest BCUT2D eigenvalue weighted by Crippen LogP contribution is -2.25. The van der Waals surface area contributed by atoms with Crippen molar-refractivity contribution in [2.45, 2.75) is 27.2 Å². The Kier molecular flexibility index (Phi) is 5.48. The molecule has 5 nitrogen and oxygen atoms in total. The van der Waals surface area contributed by atoms with Gasteiger partial charge in [-0.3, -0.25) is 14.9 Å². The SMILES string of the molecule is CCOC(=O)C(Cc1ccc([N+](=O)[O-])cc1)C(C)C. The third-order valence-electron chi connectivity index (χ3n) is 3.00. The Bertz CT molecular complexity index is 439. The molecule has 0 aliphatic carbocycles. The molecule has 5 heteroatoms. The standard InChI is InChI=1S/C14H19NO4/c1-4-19-14(16)13(10(2)3)9-11-5-7-12(8-6-11)15(17)18/h5-8,10,13H,4,9H2,1-3H3. The molecule has 0 saturated heterocycles. The number of benzene rings is 1. The van der Waals surface area contributed by atoms with Crippen LogP contribution in [0.2, 0.25) is 0 Å². The number of nitro groups is 1. The van der Waals surface area contributed by atoms with Gasteiger partial charge in [0, 0.05) is 12.1 Å². The molecular formula is C14H19NO4. The van der Waals surface area contributed by atoms with Crippen molar-refractivity contribution < 1.29 is 14.5 Å². The van der Waals surface area contributed by atoms with Gasteiger partial charge in [-0.1, -0.05) is 26.0 Å². The maximum absolute atomic E-state index is 11.8. The minimum Gasteiger partial charge on any atom is -0.466 e. The number of hydrogen-bond donors (Lipinski definition) is 0. The molecule has 104 valence electrons. The second kappa shape index (κ2) is 6.87. The topological polar surface area (TPSA) is 69.4 Å². The minimum absolute atomic E-state index is 0.0565. The van der Waals surface area contributed by atoms with Gasteiger partial charge in [-0.05, 0) is 24.8 Å². The maximum atomic E-state index is 11.8. The van der Waals surface area contributed by atoms with E-state index in [4.69, 9.17) is 4.74 Å². The van der Waals surface area contributed by atoms with E-state index < -0.39 is 4.92 Å². The largest absolute Gasteiger partial charge is 0.466 e. The van der Waals surface area contributed by atoms with Crippen LogP contribution in [-0.2, 0) is 16.0 Å². The predicted octanol–water partition coefficient (Wildman–Crippen LogP) is 2.97. The molecule has 0 spiro atoms. The van der Waals surface area contributed by atoms with E-state index in [2.05, 4.69) is 0 Å². The molecule has 0 aliphatic heterocycles. The van der Waals surface area contributed by atoms with Crippen LogP contribution < -0.4 is 0 Å². The van der Waals surface area contributed by atoms with Crippen LogP contribution in [0, 0.1) is 22.0 Å². The highest BCUT2D eigenvalue weighted by molar-refractivity contribution is 5.73. The van der Waals surface area contributed by atoms with Gasteiger partial charge in [0.2, 0.25) is 0 Å². The van der Waals surface area contributed by atoms with Crippen LogP contribution in [0.25, 0.3) is 0 Å². The molecule has 1 rings (SSSR count). The predicted molar refractivity (Wildman–Crippen MR) is 71.8 cm³/mol. The summed E-state index contributed by atoms with van der Waals surface area (Å²) in [7, 11) is 0. The number of esters is 1. The Morgan fingerprint density at radius 3 is 2.32 bits per heavy atom. The molecule has 0 saturated carbocycles. The number of non-ortho nitro benzene ring substituents is 1. The Morgan fingerprint density at radius 2 is 1.89 bits per heavy atom. The van der Waals surface area contributed by atoms with E-state index in [0.29, 0.717) is 13.0 Å². The molecule has 0 amide bonds. The molecule has 0 fully saturated rings. The van der Waals surface area contributed by atoms with Crippen LogP contribution in [0.1, 0.15) is 26.3 Å². The van der Waals surface area contributed by atoms with Gasteiger partial charge < -0.3 is 4.74 Å². The second-order valence-corrected chi connectivity index (χ2v) is 4.73. The number of ether oxygens (including phenoxy) is 1. The van der Waals surface area contributed by atoms with Crippen LogP contribution in [0.4, 0.5) is 5.69 Å².